The molecule has 2 heterocycles. The standard InChI is InChI=1S/C17H12ClN5OS/c18-14-8-6-12(7-9-14)15-21-17(25)23(22-10-19-20-11-22)16(24-15)13-4-2-1-3-5-13/h1-11,16H. The third kappa shape index (κ3) is 3.11. The molecule has 0 aliphatic carbocycles. The largest absolute Gasteiger partial charge is 0.447 e. The Balaban J connectivity index is 1.77. The molecule has 1 aliphatic heterocycles. The first-order valence-corrected chi connectivity index (χ1v) is 8.25. The van der Waals surface area contributed by atoms with Crippen molar-refractivity contribution in [2.45, 2.75) is 6.23 Å². The van der Waals surface area contributed by atoms with Crippen molar-refractivity contribution in [2.24, 2.45) is 4.99 Å². The molecule has 2 aromatic carbocycles. The van der Waals surface area contributed by atoms with Crippen LogP contribution in [0.4, 0.5) is 0 Å². The van der Waals surface area contributed by atoms with E-state index in [4.69, 9.17) is 28.6 Å². The van der Waals surface area contributed by atoms with Crippen LogP contribution < -0.4 is 5.01 Å². The molecule has 1 aliphatic rings. The third-order valence-corrected chi connectivity index (χ3v) is 4.20. The normalized spacial score (nSPS) is 17.2. The maximum absolute atomic E-state index is 6.17. The lowest BCUT2D eigenvalue weighted by Gasteiger charge is -2.35. The Morgan fingerprint density at radius 3 is 2.32 bits per heavy atom. The van der Waals surface area contributed by atoms with Gasteiger partial charge in [0.15, 0.2) is 0 Å². The van der Waals surface area contributed by atoms with Crippen LogP contribution in [0, 0.1) is 0 Å². The van der Waals surface area contributed by atoms with Crippen LogP contribution >= 0.6 is 23.8 Å². The van der Waals surface area contributed by atoms with Crippen molar-refractivity contribution in [3.8, 4) is 0 Å². The predicted octanol–water partition coefficient (Wildman–Crippen LogP) is 3.33. The van der Waals surface area contributed by atoms with E-state index in [1.165, 1.54) is 0 Å². The number of halogens is 1. The van der Waals surface area contributed by atoms with Gasteiger partial charge in [-0.25, -0.2) is 9.69 Å². The van der Waals surface area contributed by atoms with Gasteiger partial charge >= 0.3 is 0 Å². The van der Waals surface area contributed by atoms with Gasteiger partial charge < -0.3 is 4.74 Å². The van der Waals surface area contributed by atoms with Crippen LogP contribution in [-0.4, -0.2) is 25.9 Å². The van der Waals surface area contributed by atoms with Crippen molar-refractivity contribution < 1.29 is 4.74 Å². The van der Waals surface area contributed by atoms with Gasteiger partial charge in [-0.2, -0.15) is 4.99 Å². The van der Waals surface area contributed by atoms with E-state index in [9.17, 15) is 0 Å². The van der Waals surface area contributed by atoms with E-state index in [1.807, 2.05) is 42.5 Å². The van der Waals surface area contributed by atoms with E-state index in [1.54, 1.807) is 34.5 Å². The van der Waals surface area contributed by atoms with Gasteiger partial charge in [-0.15, -0.1) is 10.2 Å². The molecule has 0 bridgehead atoms. The molecule has 0 saturated carbocycles. The molecule has 4 rings (SSSR count). The monoisotopic (exact) mass is 369 g/mol. The fraction of sp³-hybridized carbons (Fsp3) is 0.0588. The second kappa shape index (κ2) is 6.62. The fourth-order valence-electron chi connectivity index (χ4n) is 2.50. The van der Waals surface area contributed by atoms with Gasteiger partial charge in [-0.1, -0.05) is 41.9 Å². The highest BCUT2D eigenvalue weighted by atomic mass is 35.5. The summed E-state index contributed by atoms with van der Waals surface area (Å²) >= 11 is 11.5. The van der Waals surface area contributed by atoms with Crippen molar-refractivity contribution in [1.82, 2.24) is 14.9 Å². The van der Waals surface area contributed by atoms with Gasteiger partial charge in [0.05, 0.1) is 0 Å². The maximum atomic E-state index is 6.17. The van der Waals surface area contributed by atoms with E-state index in [2.05, 4.69) is 15.2 Å². The molecule has 3 aromatic rings. The first kappa shape index (κ1) is 15.7. The van der Waals surface area contributed by atoms with Crippen LogP contribution in [0.15, 0.2) is 72.2 Å². The van der Waals surface area contributed by atoms with Gasteiger partial charge in [-0.05, 0) is 36.5 Å². The van der Waals surface area contributed by atoms with E-state index < -0.39 is 6.23 Å². The average Bonchev–Trinajstić information content (AvgIpc) is 3.16. The van der Waals surface area contributed by atoms with Crippen molar-refractivity contribution in [2.75, 3.05) is 5.01 Å². The summed E-state index contributed by atoms with van der Waals surface area (Å²) in [6.07, 6.45) is 2.61. The zero-order valence-corrected chi connectivity index (χ0v) is 14.4. The minimum atomic E-state index is -0.493. The Labute approximate surface area is 154 Å². The van der Waals surface area contributed by atoms with E-state index >= 15 is 0 Å². The maximum Gasteiger partial charge on any atom is 0.225 e. The number of nitrogens with zero attached hydrogens (tertiary/aromatic N) is 5. The minimum Gasteiger partial charge on any atom is -0.447 e. The van der Waals surface area contributed by atoms with Gasteiger partial charge in [0.1, 0.15) is 12.7 Å². The molecule has 0 fully saturated rings. The predicted molar refractivity (Wildman–Crippen MR) is 99.1 cm³/mol. The first-order chi connectivity index (χ1) is 12.2. The highest BCUT2D eigenvalue weighted by molar-refractivity contribution is 7.80. The molecule has 1 unspecified atom stereocenters. The highest BCUT2D eigenvalue weighted by Crippen LogP contribution is 2.27. The van der Waals surface area contributed by atoms with E-state index in [-0.39, 0.29) is 0 Å². The van der Waals surface area contributed by atoms with Crippen molar-refractivity contribution in [3.05, 3.63) is 83.4 Å². The fourth-order valence-corrected chi connectivity index (χ4v) is 2.90. The van der Waals surface area contributed by atoms with Crippen LogP contribution in [0.25, 0.3) is 0 Å². The number of benzene rings is 2. The molecule has 1 aromatic heterocycles. The van der Waals surface area contributed by atoms with Crippen LogP contribution in [0.3, 0.4) is 0 Å². The Morgan fingerprint density at radius 1 is 0.960 bits per heavy atom. The zero-order chi connectivity index (χ0) is 17.2. The quantitative estimate of drug-likeness (QED) is 0.663. The molecule has 25 heavy (non-hydrogen) atoms. The number of hydrogen-bond acceptors (Lipinski definition) is 4. The van der Waals surface area contributed by atoms with Crippen LogP contribution in [-0.2, 0) is 4.74 Å². The van der Waals surface area contributed by atoms with Gasteiger partial charge in [0, 0.05) is 16.1 Å². The minimum absolute atomic E-state index is 0.352. The lowest BCUT2D eigenvalue weighted by molar-refractivity contribution is 0.172. The van der Waals surface area contributed by atoms with Crippen LogP contribution in [0.1, 0.15) is 17.4 Å². The first-order valence-electron chi connectivity index (χ1n) is 7.47. The number of thiocarbonyl (C=S) groups is 1. The number of ether oxygens (including phenoxy) is 1. The van der Waals surface area contributed by atoms with Gasteiger partial charge in [0.2, 0.25) is 17.2 Å². The Morgan fingerprint density at radius 2 is 1.64 bits per heavy atom. The SMILES string of the molecule is S=C1N=C(c2ccc(Cl)cc2)OC(c2ccccc2)N1n1cnnc1. The Bertz CT molecular complexity index is 912. The number of rotatable bonds is 3. The molecule has 8 heteroatoms. The lowest BCUT2D eigenvalue weighted by Crippen LogP contribution is -2.46. The van der Waals surface area contributed by atoms with Gasteiger partial charge in [0.25, 0.3) is 0 Å². The summed E-state index contributed by atoms with van der Waals surface area (Å²) in [5.74, 6) is 0.444. The summed E-state index contributed by atoms with van der Waals surface area (Å²) in [4.78, 5) is 4.43. The number of aromatic nitrogens is 3. The molecule has 6 nitrogen and oxygen atoms in total. The van der Waals surface area contributed by atoms with Crippen molar-refractivity contribution in [1.29, 1.82) is 0 Å². The highest BCUT2D eigenvalue weighted by Gasteiger charge is 2.32. The van der Waals surface area contributed by atoms with Crippen LogP contribution in [0.2, 0.25) is 5.02 Å². The second-order valence-corrected chi connectivity index (χ2v) is 6.08. The molecule has 0 radical (unpaired) electrons. The molecule has 0 amide bonds. The molecular weight excluding hydrogens is 358 g/mol. The Kier molecular flexibility index (Phi) is 4.17. The molecule has 124 valence electrons. The molecule has 1 atom stereocenters. The van der Waals surface area contributed by atoms with Crippen molar-refractivity contribution >= 4 is 34.8 Å². The molecule has 0 saturated heterocycles. The topological polar surface area (TPSA) is 55.5 Å². The molecule has 0 N–H and O–H groups in total. The number of hydrogen-bond donors (Lipinski definition) is 0. The second-order valence-electron chi connectivity index (χ2n) is 5.27. The summed E-state index contributed by atoms with van der Waals surface area (Å²) in [5, 5.41) is 10.4. The lowest BCUT2D eigenvalue weighted by atomic mass is 10.1. The number of aliphatic imine (C=N–C) groups is 1. The third-order valence-electron chi connectivity index (χ3n) is 3.67. The average molecular weight is 370 g/mol. The summed E-state index contributed by atoms with van der Waals surface area (Å²) in [6, 6.07) is 17.0. The Hall–Kier alpha value is -2.77. The summed E-state index contributed by atoms with van der Waals surface area (Å²) in [5.41, 5.74) is 1.73. The summed E-state index contributed by atoms with van der Waals surface area (Å²) < 4.78 is 7.83. The molecular formula is C17H12ClN5OS. The zero-order valence-electron chi connectivity index (χ0n) is 12.9. The smallest absolute Gasteiger partial charge is 0.225 e. The van der Waals surface area contributed by atoms with Gasteiger partial charge in [-0.3, -0.25) is 0 Å². The summed E-state index contributed by atoms with van der Waals surface area (Å²) in [6.45, 7) is 0. The summed E-state index contributed by atoms with van der Waals surface area (Å²) in [7, 11) is 0. The van der Waals surface area contributed by atoms with E-state index in [0.29, 0.717) is 16.0 Å². The van der Waals surface area contributed by atoms with Crippen LogP contribution in [0.5, 0.6) is 0 Å². The van der Waals surface area contributed by atoms with Crippen molar-refractivity contribution in [3.63, 3.8) is 0 Å². The van der Waals surface area contributed by atoms with E-state index in [0.717, 1.165) is 11.1 Å². The molecule has 0 spiro atoms.